The molecular weight excluding hydrogens is 865 g/mol. The van der Waals surface area contributed by atoms with E-state index in [4.69, 9.17) is 14.5 Å². The molecule has 364 valence electrons. The van der Waals surface area contributed by atoms with Crippen molar-refractivity contribution in [1.82, 2.24) is 40.4 Å². The Morgan fingerprint density at radius 3 is 2.53 bits per heavy atom. The normalized spacial score (nSPS) is 24.5. The van der Waals surface area contributed by atoms with Crippen molar-refractivity contribution in [3.05, 3.63) is 77.2 Å². The lowest BCUT2D eigenvalue weighted by molar-refractivity contribution is -0.161. The van der Waals surface area contributed by atoms with Crippen LogP contribution in [-0.2, 0) is 41.6 Å². The Bertz CT molecular complexity index is 2620. The lowest BCUT2D eigenvalue weighted by Crippen LogP contribution is -2.62. The molecule has 3 fully saturated rings. The molecule has 5 N–H and O–H groups in total. The molecule has 0 radical (unpaired) electrons. The first-order valence-corrected chi connectivity index (χ1v) is 24.1. The van der Waals surface area contributed by atoms with Crippen molar-refractivity contribution in [2.75, 3.05) is 40.4 Å². The first-order chi connectivity index (χ1) is 32.3. The molecule has 6 atom stereocenters. The number of carbonyl (C=O) groups is 4. The minimum atomic E-state index is -1.28. The number of amides is 4. The average molecular weight is 933 g/mol. The Morgan fingerprint density at radius 1 is 1.06 bits per heavy atom. The van der Waals surface area contributed by atoms with Gasteiger partial charge >= 0.3 is 0 Å². The topological polar surface area (TPSA) is 201 Å². The van der Waals surface area contributed by atoms with Gasteiger partial charge in [-0.2, -0.15) is 0 Å². The summed E-state index contributed by atoms with van der Waals surface area (Å²) in [5.41, 5.74) is 8.26. The van der Waals surface area contributed by atoms with Crippen molar-refractivity contribution in [2.45, 2.75) is 123 Å². The summed E-state index contributed by atoms with van der Waals surface area (Å²) in [7, 11) is 3.25. The number of phenols is 1. The number of aryl methyl sites for hydroxylation is 1. The first-order valence-electron chi connectivity index (χ1n) is 24.1. The molecule has 16 heteroatoms. The van der Waals surface area contributed by atoms with E-state index in [-0.39, 0.29) is 48.6 Å². The zero-order valence-electron chi connectivity index (χ0n) is 40.9. The van der Waals surface area contributed by atoms with Crippen LogP contribution in [0.3, 0.4) is 0 Å². The van der Waals surface area contributed by atoms with E-state index in [0.717, 1.165) is 39.0 Å². The number of ether oxygens (including phenoxy) is 2. The van der Waals surface area contributed by atoms with Gasteiger partial charge in [0.05, 0.1) is 36.2 Å². The number of fused-ring (bicyclic) bond motifs is 6. The molecule has 6 heterocycles. The third-order valence-electron chi connectivity index (χ3n) is 14.2. The van der Waals surface area contributed by atoms with Crippen molar-refractivity contribution in [3.63, 3.8) is 0 Å². The highest BCUT2D eigenvalue weighted by Gasteiger charge is 2.51. The van der Waals surface area contributed by atoms with Gasteiger partial charge in [0.15, 0.2) is 6.29 Å². The maximum atomic E-state index is 14.8. The van der Waals surface area contributed by atoms with Crippen LogP contribution in [-0.4, -0.2) is 129 Å². The van der Waals surface area contributed by atoms with Crippen LogP contribution >= 0.6 is 0 Å². The fraction of sp³-hybridized carbons (Fsp3) is 0.519. The Morgan fingerprint density at radius 2 is 1.82 bits per heavy atom. The summed E-state index contributed by atoms with van der Waals surface area (Å²) < 4.78 is 14.4. The number of hydrogen-bond donors (Lipinski definition) is 5. The van der Waals surface area contributed by atoms with Gasteiger partial charge in [-0.25, -0.2) is 5.43 Å². The highest BCUT2D eigenvalue weighted by atomic mass is 16.6. The van der Waals surface area contributed by atoms with Crippen molar-refractivity contribution in [3.8, 4) is 28.1 Å². The maximum absolute atomic E-state index is 14.8. The van der Waals surface area contributed by atoms with Crippen LogP contribution in [0.5, 0.6) is 5.75 Å². The number of phenolic OH excluding ortho intramolecular Hbond substituents is 1. The number of likely N-dealkylation sites (tertiary alicyclic amines) is 1. The largest absolute Gasteiger partial charge is 0.508 e. The summed E-state index contributed by atoms with van der Waals surface area (Å²) in [4.78, 5) is 65.1. The van der Waals surface area contributed by atoms with E-state index in [0.29, 0.717) is 62.9 Å². The molecule has 0 spiro atoms. The van der Waals surface area contributed by atoms with Gasteiger partial charge in [0, 0.05) is 63.0 Å². The number of hydrogen-bond acceptors (Lipinski definition) is 11. The lowest BCUT2D eigenvalue weighted by atomic mass is 9.84. The number of nitrogens with one attached hydrogen (secondary N) is 3. The number of aliphatic hydroxyl groups is 1. The predicted molar refractivity (Wildman–Crippen MR) is 259 cm³/mol. The number of rotatable bonds is 10. The third-order valence-corrected chi connectivity index (χ3v) is 14.2. The number of carbonyl (C=O) groups excluding carboxylic acids is 4. The Hall–Kier alpha value is -5.65. The number of pyridine rings is 1. The number of aliphatic hydroxyl groups excluding tert-OH is 1. The number of benzene rings is 2. The van der Waals surface area contributed by atoms with Crippen LogP contribution < -0.4 is 16.1 Å². The molecule has 2 aromatic carbocycles. The molecule has 1 unspecified atom stereocenters. The second-order valence-electron chi connectivity index (χ2n) is 20.3. The number of nitrogens with zero attached hydrogens (tertiary/aromatic N) is 5. The van der Waals surface area contributed by atoms with Crippen molar-refractivity contribution in [1.29, 1.82) is 0 Å². The molecule has 4 aliphatic heterocycles. The van der Waals surface area contributed by atoms with Crippen molar-refractivity contribution >= 4 is 40.6 Å². The van der Waals surface area contributed by atoms with Gasteiger partial charge < -0.3 is 44.7 Å². The van der Waals surface area contributed by atoms with Crippen LogP contribution in [0.15, 0.2) is 60.4 Å². The SMILES string of the molecule is CCn1c(-c2cccnc2[C@H](C)OC)c2c3cc(ccc31)-c1cc(O)cc(c1)/C=C(\NC(=O)[C@H](C(C)C)N(C)C(=O)[C@@]1(C)CCCN1C(=O)[C@@H]1CN1)C(=O)N1CCC[C@H](N1)C(O)OCC(C)(C)C2. The zero-order chi connectivity index (χ0) is 48.8. The monoisotopic (exact) mass is 933 g/mol. The number of aromatic hydroxyl groups is 1. The molecule has 68 heavy (non-hydrogen) atoms. The highest BCUT2D eigenvalue weighted by molar-refractivity contribution is 6.03. The van der Waals surface area contributed by atoms with Gasteiger partial charge in [-0.3, -0.25) is 29.2 Å². The smallest absolute Gasteiger partial charge is 0.284 e. The minimum Gasteiger partial charge on any atom is -0.508 e. The van der Waals surface area contributed by atoms with Gasteiger partial charge in [0.25, 0.3) is 5.91 Å². The Balaban J connectivity index is 1.23. The van der Waals surface area contributed by atoms with Crippen LogP contribution in [0.2, 0.25) is 0 Å². The second kappa shape index (κ2) is 19.4. The number of methoxy groups -OCH3 is 1. The lowest BCUT2D eigenvalue weighted by Gasteiger charge is -2.40. The molecular formula is C52H68N8O8. The molecule has 2 aromatic heterocycles. The standard InChI is InChI=1S/C52H68N8O8/c1-10-58-42-17-16-33-26-37(42)38(45(58)36-14-11-19-53-43(36)31(4)67-9)27-51(5,6)29-68-49(65)39-15-12-21-60(56-39)48(64)40(24-32-22-34(33)25-35(61)23-32)55-46(62)44(30(2)3)57(8)50(66)52(7)18-13-20-59(52)47(63)41-28-54-41/h11,14,16-17,19,22-26,30-31,39,41,44,49,54,56,61,65H,10,12-13,15,18,20-21,27-29H2,1-9H3,(H,55,62)/b40-24-/t31-,39-,41-,44-,49?,52+/m0/s1. The average Bonchev–Trinajstić information content (AvgIpc) is 4.03. The van der Waals surface area contributed by atoms with Gasteiger partial charge in [-0.15, -0.1) is 0 Å². The minimum absolute atomic E-state index is 0.0461. The summed E-state index contributed by atoms with van der Waals surface area (Å²) >= 11 is 0. The summed E-state index contributed by atoms with van der Waals surface area (Å²) in [6, 6.07) is 13.3. The fourth-order valence-corrected chi connectivity index (χ4v) is 10.5. The summed E-state index contributed by atoms with van der Waals surface area (Å²) in [5, 5.41) is 31.3. The number of aromatic nitrogens is 2. The van der Waals surface area contributed by atoms with Crippen LogP contribution in [0.25, 0.3) is 39.4 Å². The van der Waals surface area contributed by atoms with Crippen LogP contribution in [0.1, 0.15) is 97.1 Å². The fourth-order valence-electron chi connectivity index (χ4n) is 10.5. The van der Waals surface area contributed by atoms with E-state index in [2.05, 4.69) is 59.6 Å². The maximum Gasteiger partial charge on any atom is 0.284 e. The zero-order valence-corrected chi connectivity index (χ0v) is 40.9. The van der Waals surface area contributed by atoms with Crippen LogP contribution in [0.4, 0.5) is 0 Å². The number of hydrazine groups is 1. The van der Waals surface area contributed by atoms with E-state index >= 15 is 0 Å². The summed E-state index contributed by atoms with van der Waals surface area (Å²) in [6.45, 7) is 15.9. The molecule has 4 aromatic rings. The van der Waals surface area contributed by atoms with E-state index in [1.807, 2.05) is 39.0 Å². The van der Waals surface area contributed by atoms with Gasteiger partial charge in [0.2, 0.25) is 17.7 Å². The second-order valence-corrected chi connectivity index (χ2v) is 20.3. The van der Waals surface area contributed by atoms with Crippen molar-refractivity contribution in [2.24, 2.45) is 11.3 Å². The van der Waals surface area contributed by atoms with Crippen LogP contribution in [0, 0.1) is 11.3 Å². The third kappa shape index (κ3) is 9.53. The van der Waals surface area contributed by atoms with E-state index in [1.54, 1.807) is 38.2 Å². The molecule has 0 saturated carbocycles. The van der Waals surface area contributed by atoms with Gasteiger partial charge in [-0.05, 0) is 135 Å². The molecule has 3 saturated heterocycles. The van der Waals surface area contributed by atoms with Gasteiger partial charge in [-0.1, -0.05) is 33.8 Å². The Labute approximate surface area is 399 Å². The molecule has 8 rings (SSSR count). The molecule has 0 aliphatic carbocycles. The Kier molecular flexibility index (Phi) is 13.9. The summed E-state index contributed by atoms with van der Waals surface area (Å²) in [5.74, 6) is -2.09. The van der Waals surface area contributed by atoms with E-state index < -0.39 is 47.1 Å². The molecule has 16 nitrogen and oxygen atoms in total. The molecule has 4 aliphatic rings. The quantitative estimate of drug-likeness (QED) is 0.126. The molecule has 6 bridgehead atoms. The first kappa shape index (κ1) is 48.8. The van der Waals surface area contributed by atoms with Crippen molar-refractivity contribution < 1.29 is 38.9 Å². The highest BCUT2D eigenvalue weighted by Crippen LogP contribution is 2.42. The van der Waals surface area contributed by atoms with Gasteiger partial charge in [0.1, 0.15) is 23.0 Å². The molecule has 4 amide bonds. The van der Waals surface area contributed by atoms with E-state index in [1.165, 1.54) is 22.1 Å². The van der Waals surface area contributed by atoms with E-state index in [9.17, 15) is 29.4 Å². The summed E-state index contributed by atoms with van der Waals surface area (Å²) in [6.07, 6.45) is 4.49. The predicted octanol–water partition coefficient (Wildman–Crippen LogP) is 5.51. The number of likely N-dealkylation sites (N-methyl/N-ethyl adjacent to an activating group) is 1.